The van der Waals surface area contributed by atoms with Crippen molar-refractivity contribution in [3.05, 3.63) is 95.8 Å². The molecule has 0 radical (unpaired) electrons. The van der Waals surface area contributed by atoms with Crippen molar-refractivity contribution in [1.82, 2.24) is 28.9 Å². The summed E-state index contributed by atoms with van der Waals surface area (Å²) in [5.41, 5.74) is 2.54. The van der Waals surface area contributed by atoms with Crippen LogP contribution in [0.15, 0.2) is 90.2 Å². The summed E-state index contributed by atoms with van der Waals surface area (Å²) in [6.07, 6.45) is 7.15. The van der Waals surface area contributed by atoms with Gasteiger partial charge in [-0.3, -0.25) is 9.59 Å². The molecule has 9 nitrogen and oxygen atoms in total. The predicted octanol–water partition coefficient (Wildman–Crippen LogP) is 2.94. The molecular weight excluding hydrogens is 406 g/mol. The average molecular weight is 425 g/mol. The van der Waals surface area contributed by atoms with Crippen molar-refractivity contribution in [3.8, 4) is 17.1 Å². The Balaban J connectivity index is 1.45. The molecule has 0 fully saturated rings. The first-order valence-electron chi connectivity index (χ1n) is 10.0. The summed E-state index contributed by atoms with van der Waals surface area (Å²) in [4.78, 5) is 30.1. The summed E-state index contributed by atoms with van der Waals surface area (Å²) in [7, 11) is 0. The van der Waals surface area contributed by atoms with Gasteiger partial charge in [-0.2, -0.15) is 5.10 Å². The van der Waals surface area contributed by atoms with Gasteiger partial charge in [-0.1, -0.05) is 24.3 Å². The van der Waals surface area contributed by atoms with Crippen LogP contribution >= 0.6 is 0 Å². The normalized spacial score (nSPS) is 12.0. The molecule has 158 valence electrons. The summed E-state index contributed by atoms with van der Waals surface area (Å²) in [5.74, 6) is 0.0766. The van der Waals surface area contributed by atoms with Crippen LogP contribution in [-0.2, 0) is 4.79 Å². The van der Waals surface area contributed by atoms with Crippen LogP contribution in [-0.4, -0.2) is 34.9 Å². The van der Waals surface area contributed by atoms with Gasteiger partial charge < -0.3 is 9.72 Å². The number of benzene rings is 1. The second-order valence-corrected chi connectivity index (χ2v) is 7.23. The summed E-state index contributed by atoms with van der Waals surface area (Å²) < 4.78 is 4.60. The Morgan fingerprint density at radius 2 is 1.84 bits per heavy atom. The zero-order chi connectivity index (χ0) is 22.1. The smallest absolute Gasteiger partial charge is 0.267 e. The number of nitrogens with one attached hydrogen (secondary N) is 1. The number of anilines is 1. The van der Waals surface area contributed by atoms with Gasteiger partial charge in [0.2, 0.25) is 5.91 Å². The maximum absolute atomic E-state index is 13.1. The van der Waals surface area contributed by atoms with Crippen LogP contribution < -0.4 is 10.9 Å². The molecule has 0 saturated heterocycles. The van der Waals surface area contributed by atoms with Gasteiger partial charge in [0.15, 0.2) is 5.82 Å². The molecule has 1 amide bonds. The molecule has 0 saturated carbocycles. The SMILES string of the molecule is C[C@H](C(=O)Nc1ccccc1-c1cn2ccccc2n1)n1nc(-n2cccn2)ccc1=O. The number of hydrogen-bond acceptors (Lipinski definition) is 5. The van der Waals surface area contributed by atoms with Crippen molar-refractivity contribution < 1.29 is 4.79 Å². The number of pyridine rings is 1. The minimum Gasteiger partial charge on any atom is -0.324 e. The fraction of sp³-hybridized carbons (Fsp3) is 0.0870. The molecule has 5 rings (SSSR count). The van der Waals surface area contributed by atoms with Gasteiger partial charge in [-0.05, 0) is 37.3 Å². The Hall–Kier alpha value is -4.53. The molecule has 4 heterocycles. The standard InChI is InChI=1S/C23H19N7O2/c1-16(30-22(31)11-10-21(27-30)29-14-6-12-24-29)23(32)26-18-8-3-2-7-17(18)19-15-28-13-5-4-9-20(28)25-19/h2-16H,1H3,(H,26,32)/t16-/m1/s1. The lowest BCUT2D eigenvalue weighted by molar-refractivity contribution is -0.119. The predicted molar refractivity (Wildman–Crippen MR) is 120 cm³/mol. The Labute approximate surface area is 182 Å². The molecule has 0 bridgehead atoms. The molecule has 32 heavy (non-hydrogen) atoms. The topological polar surface area (TPSA) is 99.1 Å². The van der Waals surface area contributed by atoms with Gasteiger partial charge in [0, 0.05) is 36.4 Å². The third-order valence-electron chi connectivity index (χ3n) is 5.12. The van der Waals surface area contributed by atoms with Crippen LogP contribution in [0.1, 0.15) is 13.0 Å². The molecule has 1 N–H and O–H groups in total. The number of fused-ring (bicyclic) bond motifs is 1. The molecule has 1 aromatic carbocycles. The molecule has 9 heteroatoms. The van der Waals surface area contributed by atoms with Gasteiger partial charge in [0.1, 0.15) is 11.7 Å². The summed E-state index contributed by atoms with van der Waals surface area (Å²) >= 11 is 0. The summed E-state index contributed by atoms with van der Waals surface area (Å²) in [5, 5.41) is 11.4. The highest BCUT2D eigenvalue weighted by Gasteiger charge is 2.20. The highest BCUT2D eigenvalue weighted by atomic mass is 16.2. The van der Waals surface area contributed by atoms with Crippen LogP contribution in [0.3, 0.4) is 0 Å². The van der Waals surface area contributed by atoms with E-state index in [0.29, 0.717) is 11.5 Å². The molecule has 1 atom stereocenters. The Kier molecular flexibility index (Phi) is 4.83. The van der Waals surface area contributed by atoms with Crippen LogP contribution in [0, 0.1) is 0 Å². The zero-order valence-corrected chi connectivity index (χ0v) is 17.2. The average Bonchev–Trinajstić information content (AvgIpc) is 3.49. The van der Waals surface area contributed by atoms with Gasteiger partial charge in [-0.15, -0.1) is 5.10 Å². The number of carbonyl (C=O) groups is 1. The number of rotatable bonds is 5. The number of nitrogens with zero attached hydrogens (tertiary/aromatic N) is 6. The fourth-order valence-electron chi connectivity index (χ4n) is 3.45. The summed E-state index contributed by atoms with van der Waals surface area (Å²) in [6.45, 7) is 1.63. The third-order valence-corrected chi connectivity index (χ3v) is 5.12. The lowest BCUT2D eigenvalue weighted by Crippen LogP contribution is -2.33. The van der Waals surface area contributed by atoms with E-state index in [9.17, 15) is 9.59 Å². The second-order valence-electron chi connectivity index (χ2n) is 7.23. The van der Waals surface area contributed by atoms with Crippen molar-refractivity contribution in [2.75, 3.05) is 5.32 Å². The van der Waals surface area contributed by atoms with E-state index >= 15 is 0 Å². The Morgan fingerprint density at radius 3 is 2.66 bits per heavy atom. The number of aromatic nitrogens is 6. The number of imidazole rings is 1. The van der Waals surface area contributed by atoms with E-state index in [2.05, 4.69) is 20.5 Å². The first-order valence-corrected chi connectivity index (χ1v) is 10.0. The molecule has 5 aromatic rings. The Bertz CT molecular complexity index is 1430. The molecule has 0 unspecified atom stereocenters. The molecule has 0 aliphatic carbocycles. The molecule has 0 aliphatic rings. The lowest BCUT2D eigenvalue weighted by atomic mass is 10.1. The van der Waals surface area contributed by atoms with E-state index in [1.54, 1.807) is 37.5 Å². The molecule has 0 aliphatic heterocycles. The highest BCUT2D eigenvalue weighted by Crippen LogP contribution is 2.28. The molecular formula is C23H19N7O2. The van der Waals surface area contributed by atoms with Crippen LogP contribution in [0.25, 0.3) is 22.7 Å². The van der Waals surface area contributed by atoms with E-state index in [4.69, 9.17) is 0 Å². The van der Waals surface area contributed by atoms with Crippen molar-refractivity contribution in [2.45, 2.75) is 13.0 Å². The van der Waals surface area contributed by atoms with Crippen molar-refractivity contribution in [1.29, 1.82) is 0 Å². The fourth-order valence-corrected chi connectivity index (χ4v) is 3.45. The largest absolute Gasteiger partial charge is 0.324 e. The van der Waals surface area contributed by atoms with E-state index in [0.717, 1.165) is 21.6 Å². The molecule has 0 spiro atoms. The first-order chi connectivity index (χ1) is 15.6. The minimum absolute atomic E-state index is 0.367. The van der Waals surface area contributed by atoms with Gasteiger partial charge in [-0.25, -0.2) is 14.3 Å². The van der Waals surface area contributed by atoms with Gasteiger partial charge in [0.05, 0.1) is 11.4 Å². The van der Waals surface area contributed by atoms with Crippen molar-refractivity contribution in [3.63, 3.8) is 0 Å². The first kappa shape index (κ1) is 19.4. The number of hydrogen-bond donors (Lipinski definition) is 1. The van der Waals surface area contributed by atoms with E-state index in [-0.39, 0.29) is 11.5 Å². The highest BCUT2D eigenvalue weighted by molar-refractivity contribution is 5.97. The molecule has 4 aromatic heterocycles. The van der Waals surface area contributed by atoms with E-state index in [1.165, 1.54) is 10.7 Å². The van der Waals surface area contributed by atoms with E-state index < -0.39 is 6.04 Å². The van der Waals surface area contributed by atoms with Crippen molar-refractivity contribution >= 4 is 17.2 Å². The summed E-state index contributed by atoms with van der Waals surface area (Å²) in [6, 6.07) is 17.0. The lowest BCUT2D eigenvalue weighted by Gasteiger charge is -2.16. The second kappa shape index (κ2) is 7.95. The third kappa shape index (κ3) is 3.56. The van der Waals surface area contributed by atoms with Crippen molar-refractivity contribution in [2.24, 2.45) is 0 Å². The van der Waals surface area contributed by atoms with Crippen LogP contribution in [0.4, 0.5) is 5.69 Å². The van der Waals surface area contributed by atoms with Crippen LogP contribution in [0.5, 0.6) is 0 Å². The monoisotopic (exact) mass is 425 g/mol. The maximum Gasteiger partial charge on any atom is 0.267 e. The number of carbonyl (C=O) groups excluding carboxylic acids is 1. The number of para-hydroxylation sites is 1. The van der Waals surface area contributed by atoms with Gasteiger partial charge >= 0.3 is 0 Å². The minimum atomic E-state index is -0.841. The van der Waals surface area contributed by atoms with E-state index in [1.807, 2.05) is 53.2 Å². The quantitative estimate of drug-likeness (QED) is 0.467. The zero-order valence-electron chi connectivity index (χ0n) is 17.2. The number of amides is 1. The maximum atomic E-state index is 13.1. The van der Waals surface area contributed by atoms with Crippen LogP contribution in [0.2, 0.25) is 0 Å². The van der Waals surface area contributed by atoms with Gasteiger partial charge in [0.25, 0.3) is 5.56 Å². The Morgan fingerprint density at radius 1 is 1.00 bits per heavy atom.